The zero-order valence-electron chi connectivity index (χ0n) is 15.1. The number of carbonyl (C=O) groups excluding carboxylic acids is 1. The minimum absolute atomic E-state index is 0.244. The maximum atomic E-state index is 12.6. The third-order valence-electron chi connectivity index (χ3n) is 4.14. The van der Waals surface area contributed by atoms with Crippen molar-refractivity contribution in [3.8, 4) is 5.75 Å². The number of hydrogen-bond acceptors (Lipinski definition) is 6. The van der Waals surface area contributed by atoms with Gasteiger partial charge in [0.05, 0.1) is 18.1 Å². The van der Waals surface area contributed by atoms with E-state index < -0.39 is 0 Å². The first-order chi connectivity index (χ1) is 13.7. The molecule has 2 heterocycles. The maximum absolute atomic E-state index is 12.6. The molecule has 0 spiro atoms. The molecule has 0 fully saturated rings. The Labute approximate surface area is 161 Å². The standard InChI is InChI=1S/C21H17N5O2/c1-28-18-10-3-2-8-16(18)21(27)26-15-7-4-6-14(12-15)25-20-17-9-5-11-22-19(17)23-13-24-20/h2-13H,1H3,(H,26,27)(H,22,23,24,25). The van der Waals surface area contributed by atoms with E-state index in [9.17, 15) is 4.79 Å². The number of anilines is 3. The predicted molar refractivity (Wildman–Crippen MR) is 108 cm³/mol. The average Bonchev–Trinajstić information content (AvgIpc) is 2.74. The molecule has 0 saturated heterocycles. The molecule has 28 heavy (non-hydrogen) atoms. The van der Waals surface area contributed by atoms with Crippen molar-refractivity contribution in [1.29, 1.82) is 0 Å². The summed E-state index contributed by atoms with van der Waals surface area (Å²) in [5, 5.41) is 6.96. The lowest BCUT2D eigenvalue weighted by atomic mass is 10.2. The molecule has 0 saturated carbocycles. The predicted octanol–water partition coefficient (Wildman–Crippen LogP) is 4.03. The molecule has 2 N–H and O–H groups in total. The number of amides is 1. The highest BCUT2D eigenvalue weighted by atomic mass is 16.5. The molecule has 7 heteroatoms. The third kappa shape index (κ3) is 3.59. The van der Waals surface area contributed by atoms with Crippen LogP contribution in [0.1, 0.15) is 10.4 Å². The van der Waals surface area contributed by atoms with Gasteiger partial charge in [0.1, 0.15) is 17.9 Å². The number of fused-ring (bicyclic) bond motifs is 1. The molecular formula is C21H17N5O2. The Morgan fingerprint density at radius 1 is 0.929 bits per heavy atom. The normalized spacial score (nSPS) is 10.5. The molecular weight excluding hydrogens is 354 g/mol. The number of nitrogens with zero attached hydrogens (tertiary/aromatic N) is 3. The number of methoxy groups -OCH3 is 1. The second kappa shape index (κ2) is 7.71. The van der Waals surface area contributed by atoms with Crippen molar-refractivity contribution in [2.45, 2.75) is 0 Å². The van der Waals surface area contributed by atoms with Crippen LogP contribution in [0.2, 0.25) is 0 Å². The Bertz CT molecular complexity index is 1140. The molecule has 0 atom stereocenters. The largest absolute Gasteiger partial charge is 0.496 e. The van der Waals surface area contributed by atoms with Crippen LogP contribution in [0.25, 0.3) is 11.0 Å². The van der Waals surface area contributed by atoms with E-state index in [1.807, 2.05) is 42.5 Å². The van der Waals surface area contributed by atoms with E-state index >= 15 is 0 Å². The number of hydrogen-bond donors (Lipinski definition) is 2. The molecule has 4 aromatic rings. The minimum Gasteiger partial charge on any atom is -0.496 e. The molecule has 2 aromatic carbocycles. The molecule has 1 amide bonds. The molecule has 0 aliphatic heterocycles. The van der Waals surface area contributed by atoms with Crippen LogP contribution in [-0.2, 0) is 0 Å². The van der Waals surface area contributed by atoms with E-state index in [1.165, 1.54) is 13.4 Å². The quantitative estimate of drug-likeness (QED) is 0.551. The topological polar surface area (TPSA) is 89.0 Å². The van der Waals surface area contributed by atoms with Crippen molar-refractivity contribution >= 4 is 34.1 Å². The Balaban J connectivity index is 1.57. The molecule has 138 valence electrons. The summed E-state index contributed by atoms with van der Waals surface area (Å²) in [6, 6.07) is 18.2. The Morgan fingerprint density at radius 3 is 2.68 bits per heavy atom. The Kier molecular flexibility index (Phi) is 4.79. The van der Waals surface area contributed by atoms with Crippen molar-refractivity contribution in [2.75, 3.05) is 17.7 Å². The summed E-state index contributed by atoms with van der Waals surface area (Å²) in [5.74, 6) is 0.923. The zero-order valence-corrected chi connectivity index (χ0v) is 15.1. The smallest absolute Gasteiger partial charge is 0.259 e. The lowest BCUT2D eigenvalue weighted by Gasteiger charge is -2.11. The van der Waals surface area contributed by atoms with Gasteiger partial charge in [-0.05, 0) is 42.5 Å². The van der Waals surface area contributed by atoms with Gasteiger partial charge in [-0.2, -0.15) is 0 Å². The van der Waals surface area contributed by atoms with Crippen LogP contribution >= 0.6 is 0 Å². The molecule has 0 bridgehead atoms. The third-order valence-corrected chi connectivity index (χ3v) is 4.14. The summed E-state index contributed by atoms with van der Waals surface area (Å²) >= 11 is 0. The van der Waals surface area contributed by atoms with Crippen molar-refractivity contribution in [3.63, 3.8) is 0 Å². The number of nitrogens with one attached hydrogen (secondary N) is 2. The fourth-order valence-electron chi connectivity index (χ4n) is 2.84. The van der Waals surface area contributed by atoms with E-state index in [4.69, 9.17) is 4.74 Å². The second-order valence-electron chi connectivity index (χ2n) is 5.96. The summed E-state index contributed by atoms with van der Waals surface area (Å²) in [5.41, 5.74) is 2.51. The fourth-order valence-corrected chi connectivity index (χ4v) is 2.84. The van der Waals surface area contributed by atoms with Gasteiger partial charge in [0.25, 0.3) is 5.91 Å². The van der Waals surface area contributed by atoms with E-state index in [0.29, 0.717) is 28.5 Å². The number of rotatable bonds is 5. The summed E-state index contributed by atoms with van der Waals surface area (Å²) in [4.78, 5) is 25.3. The molecule has 7 nitrogen and oxygen atoms in total. The van der Waals surface area contributed by atoms with Crippen LogP contribution in [0.15, 0.2) is 73.2 Å². The molecule has 0 aliphatic carbocycles. The van der Waals surface area contributed by atoms with Gasteiger partial charge in [-0.25, -0.2) is 15.0 Å². The van der Waals surface area contributed by atoms with Gasteiger partial charge in [0.2, 0.25) is 0 Å². The summed E-state index contributed by atoms with van der Waals surface area (Å²) in [6.07, 6.45) is 3.15. The van der Waals surface area contributed by atoms with Gasteiger partial charge < -0.3 is 15.4 Å². The molecule has 2 aromatic heterocycles. The number of para-hydroxylation sites is 1. The SMILES string of the molecule is COc1ccccc1C(=O)Nc1cccc(Nc2ncnc3ncccc23)c1. The molecule has 0 unspecified atom stereocenters. The molecule has 0 radical (unpaired) electrons. The maximum Gasteiger partial charge on any atom is 0.259 e. The number of carbonyl (C=O) groups is 1. The van der Waals surface area contributed by atoms with Crippen LogP contribution in [0.4, 0.5) is 17.2 Å². The highest BCUT2D eigenvalue weighted by molar-refractivity contribution is 6.06. The first kappa shape index (κ1) is 17.4. The minimum atomic E-state index is -0.244. The second-order valence-corrected chi connectivity index (χ2v) is 5.96. The van der Waals surface area contributed by atoms with Gasteiger partial charge in [0.15, 0.2) is 5.65 Å². The van der Waals surface area contributed by atoms with Crippen LogP contribution in [-0.4, -0.2) is 28.0 Å². The van der Waals surface area contributed by atoms with E-state index in [1.54, 1.807) is 24.4 Å². The molecule has 0 aliphatic rings. The number of benzene rings is 2. The van der Waals surface area contributed by atoms with E-state index in [0.717, 1.165) is 11.1 Å². The van der Waals surface area contributed by atoms with E-state index in [-0.39, 0.29) is 5.91 Å². The van der Waals surface area contributed by atoms with Crippen molar-refractivity contribution in [3.05, 3.63) is 78.8 Å². The Hall–Kier alpha value is -4.00. The van der Waals surface area contributed by atoms with Gasteiger partial charge in [-0.1, -0.05) is 18.2 Å². The number of ether oxygens (including phenoxy) is 1. The first-order valence-electron chi connectivity index (χ1n) is 8.62. The van der Waals surface area contributed by atoms with Crippen LogP contribution in [0, 0.1) is 0 Å². The molecule has 4 rings (SSSR count). The van der Waals surface area contributed by atoms with Gasteiger partial charge >= 0.3 is 0 Å². The summed E-state index contributed by atoms with van der Waals surface area (Å²) in [7, 11) is 1.54. The van der Waals surface area contributed by atoms with E-state index in [2.05, 4.69) is 25.6 Å². The van der Waals surface area contributed by atoms with Crippen molar-refractivity contribution < 1.29 is 9.53 Å². The van der Waals surface area contributed by atoms with Crippen LogP contribution in [0.5, 0.6) is 5.75 Å². The summed E-state index contributed by atoms with van der Waals surface area (Å²) in [6.45, 7) is 0. The highest BCUT2D eigenvalue weighted by Gasteiger charge is 2.12. The van der Waals surface area contributed by atoms with Gasteiger partial charge in [-0.15, -0.1) is 0 Å². The van der Waals surface area contributed by atoms with Crippen LogP contribution < -0.4 is 15.4 Å². The van der Waals surface area contributed by atoms with Crippen molar-refractivity contribution in [1.82, 2.24) is 15.0 Å². The number of aromatic nitrogens is 3. The van der Waals surface area contributed by atoms with Gasteiger partial charge in [0, 0.05) is 17.6 Å². The summed E-state index contributed by atoms with van der Waals surface area (Å²) < 4.78 is 5.25. The number of pyridine rings is 1. The Morgan fingerprint density at radius 2 is 1.79 bits per heavy atom. The lowest BCUT2D eigenvalue weighted by molar-refractivity contribution is 0.102. The monoisotopic (exact) mass is 371 g/mol. The highest BCUT2D eigenvalue weighted by Crippen LogP contribution is 2.24. The van der Waals surface area contributed by atoms with Crippen LogP contribution in [0.3, 0.4) is 0 Å². The first-order valence-corrected chi connectivity index (χ1v) is 8.62. The zero-order chi connectivity index (χ0) is 19.3. The van der Waals surface area contributed by atoms with Gasteiger partial charge in [-0.3, -0.25) is 4.79 Å². The lowest BCUT2D eigenvalue weighted by Crippen LogP contribution is -2.13. The van der Waals surface area contributed by atoms with Crippen molar-refractivity contribution in [2.24, 2.45) is 0 Å². The average molecular weight is 371 g/mol. The fraction of sp³-hybridized carbons (Fsp3) is 0.0476.